The molecule has 5 heteroatoms. The van der Waals surface area contributed by atoms with E-state index in [1.807, 2.05) is 6.08 Å². The fourth-order valence-electron chi connectivity index (χ4n) is 2.62. The van der Waals surface area contributed by atoms with Crippen LogP contribution in [0.3, 0.4) is 0 Å². The molecule has 0 aliphatic carbocycles. The Morgan fingerprint density at radius 3 is 3.06 bits per heavy atom. The summed E-state index contributed by atoms with van der Waals surface area (Å²) in [6.45, 7) is 0.786. The maximum Gasteiger partial charge on any atom is 0.218 e. The zero-order chi connectivity index (χ0) is 12.5. The van der Waals surface area contributed by atoms with Crippen LogP contribution in [0, 0.1) is 23.7 Å². The lowest BCUT2D eigenvalue weighted by Gasteiger charge is -2.20. The van der Waals surface area contributed by atoms with Crippen molar-refractivity contribution >= 4 is 6.21 Å². The topological polar surface area (TPSA) is 37.3 Å². The quantitative estimate of drug-likeness (QED) is 0.810. The maximum atomic E-state index is 13.5. The van der Waals surface area contributed by atoms with Gasteiger partial charge in [0.05, 0.1) is 0 Å². The van der Waals surface area contributed by atoms with Gasteiger partial charge in [-0.2, -0.15) is 13.8 Å². The highest BCUT2D eigenvalue weighted by Crippen LogP contribution is 2.29. The Hall–Kier alpha value is -1.62. The minimum Gasteiger partial charge on any atom is -0.295 e. The van der Waals surface area contributed by atoms with Crippen LogP contribution in [0.5, 0.6) is 0 Å². The molecule has 3 atom stereocenters. The molecule has 0 bridgehead atoms. The highest BCUT2D eigenvalue weighted by atomic mass is 19.1. The minimum atomic E-state index is -0.777. The van der Waals surface area contributed by atoms with Crippen LogP contribution in [0.25, 0.3) is 0 Å². The number of allylic oxidation sites excluding steroid dienone is 1. The van der Waals surface area contributed by atoms with Gasteiger partial charge in [0.2, 0.25) is 11.9 Å². The van der Waals surface area contributed by atoms with Crippen molar-refractivity contribution in [2.75, 3.05) is 6.54 Å². The molecule has 1 N–H and O–H groups in total. The SMILES string of the molecule is Fc1ccc(CC2CNC3N=CC=CC23)c(F)n1. The van der Waals surface area contributed by atoms with Crippen LogP contribution in [0.1, 0.15) is 5.56 Å². The van der Waals surface area contributed by atoms with Gasteiger partial charge in [0.1, 0.15) is 6.17 Å². The molecular weight excluding hydrogens is 236 g/mol. The minimum absolute atomic E-state index is 0.0940. The summed E-state index contributed by atoms with van der Waals surface area (Å²) in [7, 11) is 0. The zero-order valence-corrected chi connectivity index (χ0v) is 9.68. The second-order valence-corrected chi connectivity index (χ2v) is 4.66. The van der Waals surface area contributed by atoms with Crippen molar-refractivity contribution in [3.8, 4) is 0 Å². The number of nitrogens with zero attached hydrogens (tertiary/aromatic N) is 2. The second kappa shape index (κ2) is 4.57. The summed E-state index contributed by atoms with van der Waals surface area (Å²) in [6.07, 6.45) is 6.43. The number of hydrogen-bond acceptors (Lipinski definition) is 3. The van der Waals surface area contributed by atoms with Gasteiger partial charge < -0.3 is 0 Å². The van der Waals surface area contributed by atoms with Gasteiger partial charge in [0, 0.05) is 24.2 Å². The maximum absolute atomic E-state index is 13.5. The molecule has 18 heavy (non-hydrogen) atoms. The van der Waals surface area contributed by atoms with E-state index in [4.69, 9.17) is 0 Å². The Balaban J connectivity index is 1.77. The van der Waals surface area contributed by atoms with Gasteiger partial charge in [0.25, 0.3) is 0 Å². The molecule has 1 fully saturated rings. The van der Waals surface area contributed by atoms with Crippen molar-refractivity contribution in [2.24, 2.45) is 16.8 Å². The third-order valence-electron chi connectivity index (χ3n) is 3.54. The van der Waals surface area contributed by atoms with Gasteiger partial charge in [-0.25, -0.2) is 0 Å². The molecule has 0 amide bonds. The number of aromatic nitrogens is 1. The van der Waals surface area contributed by atoms with E-state index in [1.54, 1.807) is 6.21 Å². The van der Waals surface area contributed by atoms with Crippen molar-refractivity contribution in [3.63, 3.8) is 0 Å². The molecule has 3 nitrogen and oxygen atoms in total. The van der Waals surface area contributed by atoms with Gasteiger partial charge in [-0.05, 0) is 30.5 Å². The number of dihydropyridines is 1. The second-order valence-electron chi connectivity index (χ2n) is 4.66. The highest BCUT2D eigenvalue weighted by molar-refractivity contribution is 5.72. The molecule has 1 saturated heterocycles. The molecule has 3 heterocycles. The van der Waals surface area contributed by atoms with Gasteiger partial charge in [-0.1, -0.05) is 6.08 Å². The van der Waals surface area contributed by atoms with E-state index in [2.05, 4.69) is 21.4 Å². The smallest absolute Gasteiger partial charge is 0.218 e. The first kappa shape index (κ1) is 11.5. The Bertz CT molecular complexity index is 513. The van der Waals surface area contributed by atoms with Gasteiger partial charge in [-0.3, -0.25) is 10.3 Å². The number of hydrogen-bond donors (Lipinski definition) is 1. The summed E-state index contributed by atoms with van der Waals surface area (Å²) in [5, 5.41) is 3.29. The van der Waals surface area contributed by atoms with Gasteiger partial charge in [-0.15, -0.1) is 0 Å². The van der Waals surface area contributed by atoms with Crippen molar-refractivity contribution in [2.45, 2.75) is 12.6 Å². The van der Waals surface area contributed by atoms with Gasteiger partial charge >= 0.3 is 0 Å². The van der Waals surface area contributed by atoms with Crippen LogP contribution in [0.15, 0.2) is 29.3 Å². The first-order valence-corrected chi connectivity index (χ1v) is 5.98. The van der Waals surface area contributed by atoms with Crippen molar-refractivity contribution in [3.05, 3.63) is 41.7 Å². The summed E-state index contributed by atoms with van der Waals surface area (Å²) in [6, 6.07) is 2.67. The largest absolute Gasteiger partial charge is 0.295 e. The summed E-state index contributed by atoms with van der Waals surface area (Å²) in [5.41, 5.74) is 0.465. The van der Waals surface area contributed by atoms with Crippen molar-refractivity contribution < 1.29 is 8.78 Å². The monoisotopic (exact) mass is 249 g/mol. The first-order valence-electron chi connectivity index (χ1n) is 5.98. The van der Waals surface area contributed by atoms with E-state index in [0.29, 0.717) is 12.0 Å². The molecule has 3 rings (SSSR count). The van der Waals surface area contributed by atoms with E-state index < -0.39 is 11.9 Å². The van der Waals surface area contributed by atoms with Crippen LogP contribution < -0.4 is 5.32 Å². The van der Waals surface area contributed by atoms with E-state index in [1.165, 1.54) is 12.1 Å². The number of halogens is 2. The first-order chi connectivity index (χ1) is 8.74. The number of aliphatic imine (C=N–C) groups is 1. The normalized spacial score (nSPS) is 29.6. The molecule has 3 unspecified atom stereocenters. The summed E-state index contributed by atoms with van der Waals surface area (Å²) in [4.78, 5) is 7.55. The lowest BCUT2D eigenvalue weighted by atomic mass is 9.87. The number of pyridine rings is 1. The summed E-state index contributed by atoms with van der Waals surface area (Å²) >= 11 is 0. The number of nitrogens with one attached hydrogen (secondary N) is 1. The Morgan fingerprint density at radius 1 is 1.33 bits per heavy atom. The molecule has 2 aliphatic rings. The molecular formula is C13H13F2N3. The Labute approximate surface area is 104 Å². The Morgan fingerprint density at radius 2 is 2.22 bits per heavy atom. The van der Waals surface area contributed by atoms with Crippen molar-refractivity contribution in [1.29, 1.82) is 0 Å². The summed E-state index contributed by atoms with van der Waals surface area (Å²) < 4.78 is 26.2. The lowest BCUT2D eigenvalue weighted by Crippen LogP contribution is -2.25. The molecule has 1 aromatic rings. The average molecular weight is 249 g/mol. The van der Waals surface area contributed by atoms with E-state index >= 15 is 0 Å². The summed E-state index contributed by atoms with van der Waals surface area (Å²) in [5.74, 6) is -0.938. The third kappa shape index (κ3) is 2.06. The average Bonchev–Trinajstić information content (AvgIpc) is 2.76. The molecule has 0 spiro atoms. The van der Waals surface area contributed by atoms with Crippen LogP contribution >= 0.6 is 0 Å². The molecule has 94 valence electrons. The molecule has 1 aromatic heterocycles. The fourth-order valence-corrected chi connectivity index (χ4v) is 2.62. The fraction of sp³-hybridized carbons (Fsp3) is 0.385. The standard InChI is InChI=1S/C13H13F2N3/c14-11-4-3-8(12(15)18-11)6-9-7-17-13-10(9)2-1-5-16-13/h1-5,9-10,13,17H,6-7H2. The zero-order valence-electron chi connectivity index (χ0n) is 9.68. The van der Waals surface area contributed by atoms with E-state index in [-0.39, 0.29) is 18.0 Å². The Kier molecular flexibility index (Phi) is 2.91. The molecule has 0 aromatic carbocycles. The molecule has 0 radical (unpaired) electrons. The lowest BCUT2D eigenvalue weighted by molar-refractivity contribution is 0.426. The van der Waals surface area contributed by atoms with E-state index in [0.717, 1.165) is 6.54 Å². The van der Waals surface area contributed by atoms with Crippen LogP contribution in [-0.2, 0) is 6.42 Å². The van der Waals surface area contributed by atoms with Crippen molar-refractivity contribution in [1.82, 2.24) is 10.3 Å². The highest BCUT2D eigenvalue weighted by Gasteiger charge is 2.34. The molecule has 0 saturated carbocycles. The number of rotatable bonds is 2. The van der Waals surface area contributed by atoms with Gasteiger partial charge in [0.15, 0.2) is 0 Å². The predicted molar refractivity (Wildman–Crippen MR) is 64.3 cm³/mol. The molecule has 2 aliphatic heterocycles. The van der Waals surface area contributed by atoms with E-state index in [9.17, 15) is 8.78 Å². The third-order valence-corrected chi connectivity index (χ3v) is 3.54. The predicted octanol–water partition coefficient (Wildman–Crippen LogP) is 1.70. The van der Waals surface area contributed by atoms with Crippen LogP contribution in [0.4, 0.5) is 8.78 Å². The number of fused-ring (bicyclic) bond motifs is 1. The van der Waals surface area contributed by atoms with Crippen LogP contribution in [-0.4, -0.2) is 23.9 Å². The van der Waals surface area contributed by atoms with Crippen LogP contribution in [0.2, 0.25) is 0 Å².